The van der Waals surface area contributed by atoms with Crippen LogP contribution in [0, 0.1) is 0 Å². The standard InChI is InChI=1S/C12H22N2OS/c1-9(13)11(10-5-6-16-7-10)14(4)12(2,3)8-15/h5-7,9,11,15H,8,13H2,1-4H3. The van der Waals surface area contributed by atoms with Gasteiger partial charge >= 0.3 is 0 Å². The number of aliphatic hydroxyl groups excluding tert-OH is 1. The SMILES string of the molecule is CC(N)C(c1ccsc1)N(C)C(C)(C)CO. The average Bonchev–Trinajstić information content (AvgIpc) is 2.70. The van der Waals surface area contributed by atoms with Crippen LogP contribution in [-0.4, -0.2) is 35.2 Å². The minimum Gasteiger partial charge on any atom is -0.394 e. The summed E-state index contributed by atoms with van der Waals surface area (Å²) < 4.78 is 0. The molecule has 0 aliphatic rings. The van der Waals surface area contributed by atoms with E-state index in [1.54, 1.807) is 11.3 Å². The van der Waals surface area contributed by atoms with Crippen LogP contribution in [-0.2, 0) is 0 Å². The Balaban J connectivity index is 2.96. The number of thiophene rings is 1. The number of rotatable bonds is 5. The zero-order chi connectivity index (χ0) is 12.3. The molecule has 0 spiro atoms. The van der Waals surface area contributed by atoms with E-state index in [1.165, 1.54) is 5.56 Å². The molecule has 0 bridgehead atoms. The van der Waals surface area contributed by atoms with Gasteiger partial charge in [-0.3, -0.25) is 4.90 Å². The van der Waals surface area contributed by atoms with Gasteiger partial charge in [0.1, 0.15) is 0 Å². The van der Waals surface area contributed by atoms with Gasteiger partial charge in [0.05, 0.1) is 12.6 Å². The first kappa shape index (κ1) is 13.6. The highest BCUT2D eigenvalue weighted by atomic mass is 32.1. The molecule has 4 heteroatoms. The lowest BCUT2D eigenvalue weighted by atomic mass is 9.95. The van der Waals surface area contributed by atoms with Crippen molar-refractivity contribution in [2.75, 3.05) is 13.7 Å². The summed E-state index contributed by atoms with van der Waals surface area (Å²) >= 11 is 1.68. The van der Waals surface area contributed by atoms with Gasteiger partial charge in [0.25, 0.3) is 0 Å². The second-order valence-corrected chi connectivity index (χ2v) is 5.72. The Morgan fingerprint density at radius 2 is 2.19 bits per heavy atom. The van der Waals surface area contributed by atoms with Crippen molar-refractivity contribution in [1.82, 2.24) is 4.90 Å². The summed E-state index contributed by atoms with van der Waals surface area (Å²) in [5.41, 5.74) is 7.02. The van der Waals surface area contributed by atoms with Crippen molar-refractivity contribution in [2.24, 2.45) is 5.73 Å². The highest BCUT2D eigenvalue weighted by Gasteiger charge is 2.32. The van der Waals surface area contributed by atoms with Crippen molar-refractivity contribution in [3.8, 4) is 0 Å². The molecule has 3 nitrogen and oxygen atoms in total. The molecule has 0 aromatic carbocycles. The van der Waals surface area contributed by atoms with E-state index in [0.29, 0.717) is 0 Å². The van der Waals surface area contributed by atoms with Crippen LogP contribution < -0.4 is 5.73 Å². The van der Waals surface area contributed by atoms with Crippen LogP contribution in [0.25, 0.3) is 0 Å². The summed E-state index contributed by atoms with van der Waals surface area (Å²) in [6.07, 6.45) is 0. The molecule has 2 atom stereocenters. The number of hydrogen-bond acceptors (Lipinski definition) is 4. The molecule has 0 aliphatic carbocycles. The van der Waals surface area contributed by atoms with Crippen molar-refractivity contribution in [3.63, 3.8) is 0 Å². The van der Waals surface area contributed by atoms with E-state index in [9.17, 15) is 5.11 Å². The Hall–Kier alpha value is -0.420. The van der Waals surface area contributed by atoms with Gasteiger partial charge in [-0.1, -0.05) is 0 Å². The number of hydrogen-bond donors (Lipinski definition) is 2. The predicted octanol–water partition coefficient (Wildman–Crippen LogP) is 1.84. The Morgan fingerprint density at radius 1 is 1.56 bits per heavy atom. The highest BCUT2D eigenvalue weighted by molar-refractivity contribution is 7.07. The molecular formula is C12H22N2OS. The second kappa shape index (κ2) is 5.27. The summed E-state index contributed by atoms with van der Waals surface area (Å²) in [5.74, 6) is 0. The van der Waals surface area contributed by atoms with Gasteiger partial charge < -0.3 is 10.8 Å². The fraction of sp³-hybridized carbons (Fsp3) is 0.667. The Bertz CT molecular complexity index is 309. The molecule has 0 saturated heterocycles. The van der Waals surface area contributed by atoms with Gasteiger partial charge in [-0.25, -0.2) is 0 Å². The maximum absolute atomic E-state index is 9.41. The summed E-state index contributed by atoms with van der Waals surface area (Å²) in [7, 11) is 2.02. The van der Waals surface area contributed by atoms with Crippen LogP contribution >= 0.6 is 11.3 Å². The van der Waals surface area contributed by atoms with Gasteiger partial charge in [-0.15, -0.1) is 0 Å². The van der Waals surface area contributed by atoms with E-state index in [0.717, 1.165) is 0 Å². The molecule has 2 unspecified atom stereocenters. The molecular weight excluding hydrogens is 220 g/mol. The predicted molar refractivity (Wildman–Crippen MR) is 69.6 cm³/mol. The second-order valence-electron chi connectivity index (χ2n) is 4.94. The number of aliphatic hydroxyl groups is 1. The molecule has 0 saturated carbocycles. The third kappa shape index (κ3) is 2.83. The van der Waals surface area contributed by atoms with Crippen molar-refractivity contribution in [2.45, 2.75) is 38.4 Å². The number of likely N-dealkylation sites (N-methyl/N-ethyl adjacent to an activating group) is 1. The molecule has 1 rings (SSSR count). The van der Waals surface area contributed by atoms with E-state index in [4.69, 9.17) is 5.73 Å². The minimum atomic E-state index is -0.264. The number of nitrogens with two attached hydrogens (primary N) is 1. The lowest BCUT2D eigenvalue weighted by Crippen LogP contribution is -2.50. The van der Waals surface area contributed by atoms with Crippen LogP contribution in [0.3, 0.4) is 0 Å². The summed E-state index contributed by atoms with van der Waals surface area (Å²) in [5, 5.41) is 13.6. The molecule has 0 radical (unpaired) electrons. The third-order valence-corrected chi connectivity index (χ3v) is 3.84. The Morgan fingerprint density at radius 3 is 2.56 bits per heavy atom. The molecule has 16 heavy (non-hydrogen) atoms. The lowest BCUT2D eigenvalue weighted by molar-refractivity contribution is 0.0372. The molecule has 0 aliphatic heterocycles. The van der Waals surface area contributed by atoms with Crippen LogP contribution in [0.4, 0.5) is 0 Å². The van der Waals surface area contributed by atoms with Gasteiger partial charge in [-0.05, 0) is 50.2 Å². The van der Waals surface area contributed by atoms with Crippen molar-refractivity contribution in [3.05, 3.63) is 22.4 Å². The Labute approximate surface area is 102 Å². The van der Waals surface area contributed by atoms with Crippen LogP contribution in [0.1, 0.15) is 32.4 Å². The van der Waals surface area contributed by atoms with E-state index in [2.05, 4.69) is 21.7 Å². The summed E-state index contributed by atoms with van der Waals surface area (Å²) in [6, 6.07) is 2.28. The first-order valence-electron chi connectivity index (χ1n) is 5.51. The monoisotopic (exact) mass is 242 g/mol. The average molecular weight is 242 g/mol. The maximum atomic E-state index is 9.41. The molecule has 1 heterocycles. The maximum Gasteiger partial charge on any atom is 0.0610 e. The molecule has 0 fully saturated rings. The summed E-state index contributed by atoms with van der Waals surface area (Å²) in [4.78, 5) is 2.15. The van der Waals surface area contributed by atoms with Crippen LogP contribution in [0.15, 0.2) is 16.8 Å². The van der Waals surface area contributed by atoms with Gasteiger partial charge in [-0.2, -0.15) is 11.3 Å². The molecule has 1 aromatic heterocycles. The molecule has 0 amide bonds. The number of nitrogens with zero attached hydrogens (tertiary/aromatic N) is 1. The molecule has 3 N–H and O–H groups in total. The normalized spacial score (nSPS) is 16.4. The highest BCUT2D eigenvalue weighted by Crippen LogP contribution is 2.29. The zero-order valence-electron chi connectivity index (χ0n) is 10.5. The van der Waals surface area contributed by atoms with Gasteiger partial charge in [0.15, 0.2) is 0 Å². The topological polar surface area (TPSA) is 49.5 Å². The van der Waals surface area contributed by atoms with E-state index < -0.39 is 0 Å². The van der Waals surface area contributed by atoms with E-state index >= 15 is 0 Å². The largest absolute Gasteiger partial charge is 0.394 e. The van der Waals surface area contributed by atoms with Crippen molar-refractivity contribution in [1.29, 1.82) is 0 Å². The quantitative estimate of drug-likeness (QED) is 0.828. The molecule has 92 valence electrons. The first-order chi connectivity index (χ1) is 7.40. The third-order valence-electron chi connectivity index (χ3n) is 3.14. The van der Waals surface area contributed by atoms with Crippen molar-refractivity contribution < 1.29 is 5.11 Å². The smallest absolute Gasteiger partial charge is 0.0610 e. The van der Waals surface area contributed by atoms with Crippen molar-refractivity contribution >= 4 is 11.3 Å². The Kier molecular flexibility index (Phi) is 4.50. The summed E-state index contributed by atoms with van der Waals surface area (Å²) in [6.45, 7) is 6.17. The van der Waals surface area contributed by atoms with Crippen LogP contribution in [0.5, 0.6) is 0 Å². The fourth-order valence-electron chi connectivity index (χ4n) is 1.81. The van der Waals surface area contributed by atoms with E-state index in [-0.39, 0.29) is 24.2 Å². The first-order valence-corrected chi connectivity index (χ1v) is 6.46. The van der Waals surface area contributed by atoms with E-state index in [1.807, 2.05) is 27.8 Å². The molecule has 1 aromatic rings. The zero-order valence-corrected chi connectivity index (χ0v) is 11.3. The van der Waals surface area contributed by atoms with Gasteiger partial charge in [0, 0.05) is 11.6 Å². The van der Waals surface area contributed by atoms with Gasteiger partial charge in [0.2, 0.25) is 0 Å². The fourth-order valence-corrected chi connectivity index (χ4v) is 2.50. The van der Waals surface area contributed by atoms with Crippen LogP contribution in [0.2, 0.25) is 0 Å². The lowest BCUT2D eigenvalue weighted by Gasteiger charge is -2.41. The minimum absolute atomic E-state index is 0.0328.